The van der Waals surface area contributed by atoms with Crippen molar-refractivity contribution in [1.29, 1.82) is 0 Å². The smallest absolute Gasteiger partial charge is 0.252 e. The fourth-order valence-electron chi connectivity index (χ4n) is 2.95. The third-order valence-electron chi connectivity index (χ3n) is 4.22. The molecule has 6 nitrogen and oxygen atoms in total. The van der Waals surface area contributed by atoms with Gasteiger partial charge in [-0.1, -0.05) is 23.5 Å². The minimum atomic E-state index is -0.213. The highest BCUT2D eigenvalue weighted by atomic mass is 32.1. The van der Waals surface area contributed by atoms with Gasteiger partial charge in [0.15, 0.2) is 16.3 Å². The quantitative estimate of drug-likeness (QED) is 0.651. The van der Waals surface area contributed by atoms with E-state index in [9.17, 15) is 4.79 Å². The average molecular weight is 386 g/mol. The van der Waals surface area contributed by atoms with Crippen molar-refractivity contribution < 1.29 is 19.0 Å². The van der Waals surface area contributed by atoms with Crippen LogP contribution in [-0.4, -0.2) is 31.8 Å². The lowest BCUT2D eigenvalue weighted by atomic mass is 10.1. The van der Waals surface area contributed by atoms with Crippen LogP contribution in [0, 0.1) is 0 Å². The molecule has 0 radical (unpaired) electrons. The average Bonchev–Trinajstić information content (AvgIpc) is 3.04. The molecule has 0 fully saturated rings. The van der Waals surface area contributed by atoms with Crippen LogP contribution in [0.2, 0.25) is 0 Å². The molecule has 0 aliphatic heterocycles. The number of amides is 1. The normalized spacial score (nSPS) is 11.6. The van der Waals surface area contributed by atoms with Crippen molar-refractivity contribution in [2.45, 2.75) is 19.9 Å². The largest absolute Gasteiger partial charge is 0.495 e. The van der Waals surface area contributed by atoms with Crippen molar-refractivity contribution in [3.63, 3.8) is 0 Å². The number of hydrogen-bond acceptors (Lipinski definition) is 5. The predicted molar refractivity (Wildman–Crippen MR) is 106 cm³/mol. The summed E-state index contributed by atoms with van der Waals surface area (Å²) in [5, 5.41) is 0. The molecule has 0 N–H and O–H groups in total. The Labute approximate surface area is 161 Å². The minimum absolute atomic E-state index is 0.190. The highest BCUT2D eigenvalue weighted by Crippen LogP contribution is 2.28. The minimum Gasteiger partial charge on any atom is -0.495 e. The van der Waals surface area contributed by atoms with Gasteiger partial charge in [0.2, 0.25) is 0 Å². The van der Waals surface area contributed by atoms with Gasteiger partial charge in [0, 0.05) is 6.54 Å². The molecule has 2 aromatic carbocycles. The van der Waals surface area contributed by atoms with Gasteiger partial charge in [0.25, 0.3) is 5.91 Å². The Kier molecular flexibility index (Phi) is 5.81. The van der Waals surface area contributed by atoms with E-state index in [2.05, 4.69) is 4.99 Å². The molecule has 7 heteroatoms. The SMILES string of the molecule is CCn1c(=NC(=O)Cc2ccc(OC)c(OC)c2)sc2cccc(OC)c21. The van der Waals surface area contributed by atoms with Crippen molar-refractivity contribution in [3.8, 4) is 17.2 Å². The number of methoxy groups -OCH3 is 3. The second-order valence-corrected chi connectivity index (χ2v) is 6.82. The molecule has 1 heterocycles. The lowest BCUT2D eigenvalue weighted by molar-refractivity contribution is -0.117. The number of fused-ring (bicyclic) bond motifs is 1. The van der Waals surface area contributed by atoms with Gasteiger partial charge in [-0.3, -0.25) is 4.79 Å². The topological polar surface area (TPSA) is 62.1 Å². The summed E-state index contributed by atoms with van der Waals surface area (Å²) in [7, 11) is 4.80. The van der Waals surface area contributed by atoms with Gasteiger partial charge in [-0.25, -0.2) is 0 Å². The molecule has 0 spiro atoms. The van der Waals surface area contributed by atoms with Gasteiger partial charge in [0.1, 0.15) is 11.3 Å². The van der Waals surface area contributed by atoms with E-state index >= 15 is 0 Å². The molecule has 3 rings (SSSR count). The Balaban J connectivity index is 1.96. The number of nitrogens with zero attached hydrogens (tertiary/aromatic N) is 2. The van der Waals surface area contributed by atoms with Crippen LogP contribution in [0.25, 0.3) is 10.2 Å². The Morgan fingerprint density at radius 2 is 1.78 bits per heavy atom. The second kappa shape index (κ2) is 8.26. The molecule has 0 atom stereocenters. The second-order valence-electron chi connectivity index (χ2n) is 5.81. The number of carbonyl (C=O) groups excluding carboxylic acids is 1. The number of carbonyl (C=O) groups is 1. The number of para-hydroxylation sites is 1. The van der Waals surface area contributed by atoms with Crippen LogP contribution < -0.4 is 19.0 Å². The summed E-state index contributed by atoms with van der Waals surface area (Å²) in [6.45, 7) is 2.72. The molecule has 0 saturated heterocycles. The lowest BCUT2D eigenvalue weighted by Crippen LogP contribution is -2.16. The Morgan fingerprint density at radius 1 is 1.04 bits per heavy atom. The third-order valence-corrected chi connectivity index (χ3v) is 5.27. The highest BCUT2D eigenvalue weighted by Gasteiger charge is 2.12. The lowest BCUT2D eigenvalue weighted by Gasteiger charge is -2.08. The fourth-order valence-corrected chi connectivity index (χ4v) is 4.08. The summed E-state index contributed by atoms with van der Waals surface area (Å²) in [5.41, 5.74) is 1.79. The molecule has 0 aliphatic rings. The summed E-state index contributed by atoms with van der Waals surface area (Å²) in [4.78, 5) is 17.6. The molecule has 27 heavy (non-hydrogen) atoms. The summed E-state index contributed by atoms with van der Waals surface area (Å²) in [6, 6.07) is 11.3. The molecule has 0 unspecified atom stereocenters. The molecule has 3 aromatic rings. The first kappa shape index (κ1) is 19.0. The van der Waals surface area contributed by atoms with Gasteiger partial charge in [-0.2, -0.15) is 4.99 Å². The standard InChI is InChI=1S/C20H22N2O4S/c1-5-22-19-15(25-3)7-6-8-17(19)27-20(22)21-18(23)12-13-9-10-14(24-2)16(11-13)26-4/h6-11H,5,12H2,1-4H3. The Bertz CT molecular complexity index is 1040. The highest BCUT2D eigenvalue weighted by molar-refractivity contribution is 7.16. The molecule has 1 aromatic heterocycles. The van der Waals surface area contributed by atoms with Crippen LogP contribution in [0.4, 0.5) is 0 Å². The number of rotatable bonds is 6. The number of hydrogen-bond donors (Lipinski definition) is 0. The number of aryl methyl sites for hydroxylation is 1. The summed E-state index contributed by atoms with van der Waals surface area (Å²) < 4.78 is 19.0. The van der Waals surface area contributed by atoms with E-state index in [0.717, 1.165) is 21.5 Å². The van der Waals surface area contributed by atoms with Crippen LogP contribution in [-0.2, 0) is 17.8 Å². The van der Waals surface area contributed by atoms with Crippen LogP contribution in [0.15, 0.2) is 41.4 Å². The third kappa shape index (κ3) is 3.83. The molecular weight excluding hydrogens is 364 g/mol. The van der Waals surface area contributed by atoms with Gasteiger partial charge in [-0.15, -0.1) is 0 Å². The van der Waals surface area contributed by atoms with Crippen molar-refractivity contribution in [1.82, 2.24) is 4.57 Å². The predicted octanol–water partition coefficient (Wildman–Crippen LogP) is 3.42. The van der Waals surface area contributed by atoms with Crippen LogP contribution in [0.5, 0.6) is 17.2 Å². The van der Waals surface area contributed by atoms with Gasteiger partial charge in [-0.05, 0) is 36.8 Å². The number of benzene rings is 2. The zero-order valence-electron chi connectivity index (χ0n) is 15.8. The fraction of sp³-hybridized carbons (Fsp3) is 0.300. The zero-order chi connectivity index (χ0) is 19.4. The van der Waals surface area contributed by atoms with E-state index in [4.69, 9.17) is 14.2 Å². The van der Waals surface area contributed by atoms with E-state index in [0.29, 0.717) is 22.8 Å². The number of ether oxygens (including phenoxy) is 3. The van der Waals surface area contributed by atoms with E-state index in [-0.39, 0.29) is 12.3 Å². The molecular formula is C20H22N2O4S. The first-order valence-electron chi connectivity index (χ1n) is 8.56. The first-order valence-corrected chi connectivity index (χ1v) is 9.37. The van der Waals surface area contributed by atoms with Gasteiger partial charge < -0.3 is 18.8 Å². The molecule has 0 saturated carbocycles. The maximum Gasteiger partial charge on any atom is 0.252 e. The maximum absolute atomic E-state index is 12.6. The maximum atomic E-state index is 12.6. The zero-order valence-corrected chi connectivity index (χ0v) is 16.6. The summed E-state index contributed by atoms with van der Waals surface area (Å²) in [5.74, 6) is 1.79. The van der Waals surface area contributed by atoms with Crippen molar-refractivity contribution in [2.75, 3.05) is 21.3 Å². The van der Waals surface area contributed by atoms with Gasteiger partial charge in [0.05, 0.1) is 32.5 Å². The molecule has 142 valence electrons. The van der Waals surface area contributed by atoms with E-state index in [1.165, 1.54) is 11.3 Å². The van der Waals surface area contributed by atoms with Crippen LogP contribution in [0.1, 0.15) is 12.5 Å². The monoisotopic (exact) mass is 386 g/mol. The molecule has 1 amide bonds. The Morgan fingerprint density at radius 3 is 2.44 bits per heavy atom. The number of thiazole rings is 1. The van der Waals surface area contributed by atoms with Crippen LogP contribution >= 0.6 is 11.3 Å². The van der Waals surface area contributed by atoms with E-state index in [1.54, 1.807) is 33.5 Å². The van der Waals surface area contributed by atoms with Gasteiger partial charge >= 0.3 is 0 Å². The van der Waals surface area contributed by atoms with E-state index < -0.39 is 0 Å². The number of aromatic nitrogens is 1. The van der Waals surface area contributed by atoms with E-state index in [1.807, 2.05) is 35.8 Å². The van der Waals surface area contributed by atoms with Crippen molar-refractivity contribution in [2.24, 2.45) is 4.99 Å². The van der Waals surface area contributed by atoms with Crippen LogP contribution in [0.3, 0.4) is 0 Å². The first-order chi connectivity index (χ1) is 13.1. The molecule has 0 aliphatic carbocycles. The summed E-state index contributed by atoms with van der Waals surface area (Å²) >= 11 is 1.48. The molecule has 0 bridgehead atoms. The van der Waals surface area contributed by atoms with Crippen molar-refractivity contribution in [3.05, 3.63) is 46.8 Å². The summed E-state index contributed by atoms with van der Waals surface area (Å²) in [6.07, 6.45) is 0.190. The Hall–Kier alpha value is -2.80. The van der Waals surface area contributed by atoms with Crippen molar-refractivity contribution >= 4 is 27.5 Å².